The fourth-order valence-corrected chi connectivity index (χ4v) is 3.83. The summed E-state index contributed by atoms with van der Waals surface area (Å²) in [5, 5.41) is 7.19. The van der Waals surface area contributed by atoms with E-state index in [1.165, 1.54) is 7.11 Å². The van der Waals surface area contributed by atoms with E-state index < -0.39 is 12.0 Å². The van der Waals surface area contributed by atoms with Gasteiger partial charge in [0.2, 0.25) is 17.6 Å². The van der Waals surface area contributed by atoms with Crippen molar-refractivity contribution in [2.24, 2.45) is 0 Å². The third-order valence-corrected chi connectivity index (χ3v) is 5.32. The lowest BCUT2D eigenvalue weighted by Crippen LogP contribution is -2.53. The van der Waals surface area contributed by atoms with Crippen LogP contribution in [0.3, 0.4) is 0 Å². The smallest absolute Gasteiger partial charge is 0.280 e. The highest BCUT2D eigenvalue weighted by molar-refractivity contribution is 5.84. The number of ether oxygens (including phenoxy) is 1. The van der Waals surface area contributed by atoms with Crippen molar-refractivity contribution >= 4 is 17.2 Å². The molecule has 9 nitrogen and oxygen atoms in total. The van der Waals surface area contributed by atoms with Crippen LogP contribution in [0.1, 0.15) is 6.42 Å². The van der Waals surface area contributed by atoms with Crippen molar-refractivity contribution in [3.63, 3.8) is 0 Å². The van der Waals surface area contributed by atoms with Crippen LogP contribution in [0.2, 0.25) is 0 Å². The van der Waals surface area contributed by atoms with Gasteiger partial charge in [0.1, 0.15) is 5.52 Å². The highest BCUT2D eigenvalue weighted by atomic mass is 19.3. The third-order valence-electron chi connectivity index (χ3n) is 5.32. The van der Waals surface area contributed by atoms with E-state index >= 15 is 0 Å². The molecule has 1 fully saturated rings. The first-order valence-electron chi connectivity index (χ1n) is 9.50. The maximum atomic E-state index is 14.4. The number of halogens is 2. The second kappa shape index (κ2) is 6.87. The van der Waals surface area contributed by atoms with Crippen LogP contribution in [-0.2, 0) is 0 Å². The Morgan fingerprint density at radius 3 is 2.93 bits per heavy atom. The Hall–Kier alpha value is -3.34. The van der Waals surface area contributed by atoms with E-state index in [4.69, 9.17) is 4.74 Å². The monoisotopic (exact) mass is 414 g/mol. The zero-order valence-electron chi connectivity index (χ0n) is 16.5. The van der Waals surface area contributed by atoms with Crippen LogP contribution >= 0.6 is 0 Å². The van der Waals surface area contributed by atoms with Gasteiger partial charge in [0, 0.05) is 48.7 Å². The van der Waals surface area contributed by atoms with E-state index in [0.29, 0.717) is 24.3 Å². The second-order valence-electron chi connectivity index (χ2n) is 7.43. The summed E-state index contributed by atoms with van der Waals surface area (Å²) in [7, 11) is 3.18. The predicted molar refractivity (Wildman–Crippen MR) is 106 cm³/mol. The predicted octanol–water partition coefficient (Wildman–Crippen LogP) is 2.20. The molecule has 30 heavy (non-hydrogen) atoms. The van der Waals surface area contributed by atoms with Crippen LogP contribution in [0.5, 0.6) is 5.88 Å². The first-order valence-corrected chi connectivity index (χ1v) is 9.50. The molecule has 0 amide bonds. The van der Waals surface area contributed by atoms with Crippen molar-refractivity contribution in [1.29, 1.82) is 0 Å². The molecule has 5 heterocycles. The van der Waals surface area contributed by atoms with Gasteiger partial charge < -0.3 is 15.0 Å². The van der Waals surface area contributed by atoms with Crippen molar-refractivity contribution < 1.29 is 13.5 Å². The normalized spacial score (nSPS) is 19.4. The molecule has 1 atom stereocenters. The molecule has 0 aliphatic carbocycles. The number of nitrogens with zero attached hydrogens (tertiary/aromatic N) is 7. The first kappa shape index (κ1) is 18.7. The van der Waals surface area contributed by atoms with Gasteiger partial charge in [0.25, 0.3) is 5.92 Å². The molecular weight excluding hydrogens is 394 g/mol. The summed E-state index contributed by atoms with van der Waals surface area (Å²) < 4.78 is 37.7. The highest BCUT2D eigenvalue weighted by Gasteiger charge is 2.44. The summed E-state index contributed by atoms with van der Waals surface area (Å²) in [6.45, 7) is 0.269. The number of nitrogens with one attached hydrogen (secondary N) is 1. The first-order chi connectivity index (χ1) is 14.4. The number of imidazole rings is 1. The van der Waals surface area contributed by atoms with Crippen LogP contribution in [0.15, 0.2) is 37.1 Å². The average Bonchev–Trinajstić information content (AvgIpc) is 3.35. The van der Waals surface area contributed by atoms with Gasteiger partial charge in [-0.25, -0.2) is 23.3 Å². The Morgan fingerprint density at radius 2 is 2.13 bits per heavy atom. The molecule has 0 saturated carbocycles. The van der Waals surface area contributed by atoms with E-state index in [-0.39, 0.29) is 18.4 Å². The number of likely N-dealkylation sites (tertiary alicyclic amines) is 1. The van der Waals surface area contributed by atoms with Gasteiger partial charge in [-0.3, -0.25) is 4.40 Å². The number of rotatable bonds is 4. The quantitative estimate of drug-likeness (QED) is 0.548. The fraction of sp³-hybridized carbons (Fsp3) is 0.368. The molecule has 0 aromatic carbocycles. The number of aromatic nitrogens is 6. The van der Waals surface area contributed by atoms with E-state index in [1.807, 2.05) is 22.9 Å². The Balaban J connectivity index is 1.53. The Morgan fingerprint density at radius 1 is 1.27 bits per heavy atom. The number of fused-ring (bicyclic) bond motifs is 2. The molecule has 1 saturated heterocycles. The lowest BCUT2D eigenvalue weighted by molar-refractivity contribution is -0.0675. The highest BCUT2D eigenvalue weighted by Crippen LogP contribution is 2.33. The SMILES string of the molecule is COc1nc(NC2CCN(C)CC2(F)F)nn2ccc(-c3cnc4nccn4c3)c12. The summed E-state index contributed by atoms with van der Waals surface area (Å²) >= 11 is 0. The number of anilines is 1. The second-order valence-corrected chi connectivity index (χ2v) is 7.43. The number of alkyl halides is 2. The number of piperidine rings is 1. The van der Waals surface area contributed by atoms with Crippen LogP contribution in [0, 0.1) is 0 Å². The molecule has 1 aliphatic rings. The van der Waals surface area contributed by atoms with Crippen molar-refractivity contribution in [2.45, 2.75) is 18.4 Å². The van der Waals surface area contributed by atoms with E-state index in [1.54, 1.807) is 35.1 Å². The van der Waals surface area contributed by atoms with Crippen LogP contribution in [-0.4, -0.2) is 73.1 Å². The Labute approximate surface area is 170 Å². The number of hydrogen-bond donors (Lipinski definition) is 1. The molecule has 1 N–H and O–H groups in total. The Bertz CT molecular complexity index is 1220. The molecular formula is C19H20F2N8O. The zero-order valence-corrected chi connectivity index (χ0v) is 16.5. The van der Waals surface area contributed by atoms with Crippen LogP contribution in [0.4, 0.5) is 14.7 Å². The fourth-order valence-electron chi connectivity index (χ4n) is 3.83. The van der Waals surface area contributed by atoms with Gasteiger partial charge >= 0.3 is 0 Å². The molecule has 0 radical (unpaired) electrons. The molecule has 0 spiro atoms. The minimum absolute atomic E-state index is 0.0962. The number of hydrogen-bond acceptors (Lipinski definition) is 7. The molecule has 1 aliphatic heterocycles. The summed E-state index contributed by atoms with van der Waals surface area (Å²) in [5.74, 6) is -1.91. The minimum Gasteiger partial charge on any atom is -0.479 e. The minimum atomic E-state index is -2.88. The molecule has 5 rings (SSSR count). The van der Waals surface area contributed by atoms with E-state index in [9.17, 15) is 8.78 Å². The van der Waals surface area contributed by atoms with Crippen LogP contribution < -0.4 is 10.1 Å². The van der Waals surface area contributed by atoms with E-state index in [0.717, 1.165) is 11.1 Å². The van der Waals surface area contributed by atoms with Gasteiger partial charge in [-0.15, -0.1) is 5.10 Å². The summed E-state index contributed by atoms with van der Waals surface area (Å²) in [4.78, 5) is 14.5. The summed E-state index contributed by atoms with van der Waals surface area (Å²) in [6.07, 6.45) is 9.12. The van der Waals surface area contributed by atoms with Gasteiger partial charge in [-0.05, 0) is 19.5 Å². The molecule has 1 unspecified atom stereocenters. The molecule has 0 bridgehead atoms. The molecule has 11 heteroatoms. The van der Waals surface area contributed by atoms with E-state index in [2.05, 4.69) is 25.4 Å². The van der Waals surface area contributed by atoms with Crippen molar-refractivity contribution in [1.82, 2.24) is 33.9 Å². The summed E-state index contributed by atoms with van der Waals surface area (Å²) in [6, 6.07) is 0.819. The van der Waals surface area contributed by atoms with Crippen molar-refractivity contribution in [3.8, 4) is 17.0 Å². The molecule has 156 valence electrons. The maximum absolute atomic E-state index is 14.4. The third kappa shape index (κ3) is 3.11. The van der Waals surface area contributed by atoms with Crippen molar-refractivity contribution in [3.05, 3.63) is 37.1 Å². The largest absolute Gasteiger partial charge is 0.479 e. The lowest BCUT2D eigenvalue weighted by atomic mass is 10.0. The molecule has 4 aromatic rings. The molecule has 4 aromatic heterocycles. The zero-order chi connectivity index (χ0) is 20.9. The van der Waals surface area contributed by atoms with Crippen molar-refractivity contribution in [2.75, 3.05) is 32.6 Å². The van der Waals surface area contributed by atoms with Gasteiger partial charge in [-0.1, -0.05) is 0 Å². The maximum Gasteiger partial charge on any atom is 0.280 e. The standard InChI is InChI=1S/C19H20F2N8O/c1-27-6-4-14(19(20,21)11-27)24-17-25-16(30-2)15-13(3-7-29(15)26-17)12-9-23-18-22-5-8-28(18)10-12/h3,5,7-10,14H,4,6,11H2,1-2H3,(H,24,26). The lowest BCUT2D eigenvalue weighted by Gasteiger charge is -2.36. The van der Waals surface area contributed by atoms with Gasteiger partial charge in [0.15, 0.2) is 0 Å². The topological polar surface area (TPSA) is 84.9 Å². The Kier molecular flexibility index (Phi) is 4.28. The average molecular weight is 414 g/mol. The number of methoxy groups -OCH3 is 1. The van der Waals surface area contributed by atoms with Gasteiger partial charge in [0.05, 0.1) is 19.7 Å². The van der Waals surface area contributed by atoms with Gasteiger partial charge in [-0.2, -0.15) is 4.98 Å². The van der Waals surface area contributed by atoms with Crippen LogP contribution in [0.25, 0.3) is 22.4 Å². The summed E-state index contributed by atoms with van der Waals surface area (Å²) in [5.41, 5.74) is 2.26.